The van der Waals surface area contributed by atoms with E-state index >= 15 is 0 Å². The van der Waals surface area contributed by atoms with E-state index < -0.39 is 68.9 Å². The number of carboxylic acid groups (broad SMARTS) is 1. The number of aliphatic carboxylic acids is 1. The van der Waals surface area contributed by atoms with E-state index in [1.165, 1.54) is 4.90 Å². The number of amides is 2. The maximum Gasteiger partial charge on any atom is 0.425 e. The molecule has 0 radical (unpaired) electrons. The lowest BCUT2D eigenvalue weighted by Gasteiger charge is -2.51. The summed E-state index contributed by atoms with van der Waals surface area (Å²) >= 11 is 0.361. The van der Waals surface area contributed by atoms with Gasteiger partial charge < -0.3 is 29.5 Å². The second kappa shape index (κ2) is 16.6. The third-order valence-corrected chi connectivity index (χ3v) is 11.5. The second-order valence-corrected chi connectivity index (χ2v) is 15.8. The fourth-order valence-electron chi connectivity index (χ4n) is 7.47. The van der Waals surface area contributed by atoms with Crippen molar-refractivity contribution in [2.24, 2.45) is 5.41 Å². The molecule has 4 heterocycles. The van der Waals surface area contributed by atoms with Gasteiger partial charge in [0, 0.05) is 49.3 Å². The monoisotopic (exact) mass is 813 g/mol. The minimum Gasteiger partial charge on any atom is -0.493 e. The highest BCUT2D eigenvalue weighted by Gasteiger charge is 2.57. The number of para-hydroxylation sites is 1. The lowest BCUT2D eigenvalue weighted by Crippen LogP contribution is -2.68. The molecule has 2 N–H and O–H groups in total. The first kappa shape index (κ1) is 42.8. The first-order valence-electron chi connectivity index (χ1n) is 18.4. The van der Waals surface area contributed by atoms with Crippen LogP contribution in [-0.2, 0) is 27.5 Å². The van der Waals surface area contributed by atoms with Crippen LogP contribution < -0.4 is 9.47 Å². The molecule has 10 nitrogen and oxygen atoms in total. The van der Waals surface area contributed by atoms with Crippen LogP contribution >= 0.6 is 11.3 Å². The Morgan fingerprint density at radius 1 is 0.982 bits per heavy atom. The number of hydrogen-bond donors (Lipinski definition) is 2. The van der Waals surface area contributed by atoms with Crippen molar-refractivity contribution < 1.29 is 60.4 Å². The van der Waals surface area contributed by atoms with Gasteiger partial charge in [0.1, 0.15) is 22.1 Å². The van der Waals surface area contributed by atoms with Gasteiger partial charge >= 0.3 is 18.3 Å². The molecule has 1 aromatic carbocycles. The largest absolute Gasteiger partial charge is 0.493 e. The summed E-state index contributed by atoms with van der Waals surface area (Å²) in [6.07, 6.45) is -7.34. The second-order valence-electron chi connectivity index (χ2n) is 14.9. The van der Waals surface area contributed by atoms with Crippen molar-refractivity contribution >= 4 is 29.1 Å². The van der Waals surface area contributed by atoms with Gasteiger partial charge in [0.25, 0.3) is 11.8 Å². The number of carbonyl (C=O) groups excluding carboxylic acids is 2. The predicted octanol–water partition coefficient (Wildman–Crippen LogP) is 8.18. The molecule has 56 heavy (non-hydrogen) atoms. The number of hydrogen-bond acceptors (Lipinski definition) is 8. The van der Waals surface area contributed by atoms with E-state index in [4.69, 9.17) is 9.47 Å². The van der Waals surface area contributed by atoms with Crippen molar-refractivity contribution in [3.8, 4) is 11.5 Å². The zero-order valence-electron chi connectivity index (χ0n) is 31.2. The van der Waals surface area contributed by atoms with E-state index in [2.05, 4.69) is 4.98 Å². The lowest BCUT2D eigenvalue weighted by atomic mass is 9.78. The number of halogens is 6. The summed E-state index contributed by atoms with van der Waals surface area (Å²) in [7, 11) is 0. The molecule has 0 bridgehead atoms. The van der Waals surface area contributed by atoms with Crippen molar-refractivity contribution in [1.29, 1.82) is 0 Å². The van der Waals surface area contributed by atoms with Crippen molar-refractivity contribution in [3.05, 3.63) is 75.7 Å². The van der Waals surface area contributed by atoms with Gasteiger partial charge in [-0.1, -0.05) is 31.5 Å². The Hall–Kier alpha value is -4.38. The molecule has 0 spiro atoms. The van der Waals surface area contributed by atoms with Crippen LogP contribution in [0.25, 0.3) is 0 Å². The SMILES string of the molecule is CCC[C@H]1N(C(=O)c2ncccc2C(F)(F)F)CCC[C@@]1(Oc1csc(C(F)(F)F)c1)C(=O)N1CCC(O)(c2ccccc2OCCCC(C)(C)C(=O)O)CC1. The first-order chi connectivity index (χ1) is 26.2. The molecule has 2 atom stereocenters. The summed E-state index contributed by atoms with van der Waals surface area (Å²) in [5.41, 5.74) is -6.09. The molecule has 0 saturated carbocycles. The van der Waals surface area contributed by atoms with Crippen LogP contribution in [0.1, 0.15) is 98.6 Å². The number of carbonyl (C=O) groups is 3. The number of aliphatic hydroxyl groups is 1. The number of alkyl halides is 6. The molecule has 3 aromatic rings. The molecule has 2 amide bonds. The minimum atomic E-state index is -4.92. The zero-order valence-corrected chi connectivity index (χ0v) is 32.0. The van der Waals surface area contributed by atoms with E-state index in [1.54, 1.807) is 45.0 Å². The molecule has 2 aromatic heterocycles. The van der Waals surface area contributed by atoms with Crippen LogP contribution in [0.4, 0.5) is 26.3 Å². The number of ether oxygens (including phenoxy) is 2. The summed E-state index contributed by atoms with van der Waals surface area (Å²) in [6, 6.07) is 8.18. The van der Waals surface area contributed by atoms with Crippen LogP contribution in [0, 0.1) is 5.41 Å². The smallest absolute Gasteiger partial charge is 0.425 e. The predicted molar refractivity (Wildman–Crippen MR) is 193 cm³/mol. The molecule has 2 aliphatic heterocycles. The number of aromatic nitrogens is 1. The molecular formula is C39H45F6N3O7S. The summed E-state index contributed by atoms with van der Waals surface area (Å²) < 4.78 is 95.6. The van der Waals surface area contributed by atoms with Crippen molar-refractivity contribution in [1.82, 2.24) is 14.8 Å². The first-order valence-corrected chi connectivity index (χ1v) is 19.3. The number of rotatable bonds is 13. The average molecular weight is 814 g/mol. The highest BCUT2D eigenvalue weighted by atomic mass is 32.1. The number of benzene rings is 1. The van der Waals surface area contributed by atoms with Gasteiger partial charge in [-0.2, -0.15) is 26.3 Å². The molecule has 2 fully saturated rings. The van der Waals surface area contributed by atoms with Gasteiger partial charge in [0.15, 0.2) is 0 Å². The average Bonchev–Trinajstić information content (AvgIpc) is 3.63. The van der Waals surface area contributed by atoms with Crippen LogP contribution in [0.2, 0.25) is 0 Å². The van der Waals surface area contributed by atoms with Gasteiger partial charge in [-0.25, -0.2) is 0 Å². The van der Waals surface area contributed by atoms with E-state index in [9.17, 15) is 50.9 Å². The Bertz CT molecular complexity index is 1880. The summed E-state index contributed by atoms with van der Waals surface area (Å²) in [5.74, 6) is -2.57. The van der Waals surface area contributed by atoms with Crippen LogP contribution in [0.3, 0.4) is 0 Å². The normalized spacial score (nSPS) is 20.4. The molecule has 2 saturated heterocycles. The van der Waals surface area contributed by atoms with Crippen molar-refractivity contribution in [2.45, 2.75) is 102 Å². The molecule has 5 rings (SSSR count). The standard InChI is InChI=1S/C39H45F6N3O7S/c1-4-10-29-37(55-25-23-30(56-24-25)39(43,44)45,15-8-19-48(29)32(49)31-27(38(40,41)42)12-7-18-46-31)33(50)47-20-16-36(53,17-21-47)26-11-5-6-13-28(26)54-22-9-14-35(2,3)34(51)52/h5-7,11-13,18,23-24,29,53H,4,8-10,14-17,19-22H2,1-3H3,(H,51,52)/t29-,37+/m1/s1. The lowest BCUT2D eigenvalue weighted by molar-refractivity contribution is -0.163. The van der Waals surface area contributed by atoms with Gasteiger partial charge in [0.2, 0.25) is 5.60 Å². The summed E-state index contributed by atoms with van der Waals surface area (Å²) in [4.78, 5) is 45.8. The third kappa shape index (κ3) is 9.09. The highest BCUT2D eigenvalue weighted by molar-refractivity contribution is 7.10. The molecule has 0 aliphatic carbocycles. The summed E-state index contributed by atoms with van der Waals surface area (Å²) in [6.45, 7) is 5.03. The highest BCUT2D eigenvalue weighted by Crippen LogP contribution is 2.44. The maximum absolute atomic E-state index is 14.9. The van der Waals surface area contributed by atoms with E-state index in [-0.39, 0.29) is 64.1 Å². The Labute approximate surface area is 324 Å². The van der Waals surface area contributed by atoms with E-state index in [0.29, 0.717) is 41.9 Å². The third-order valence-electron chi connectivity index (χ3n) is 10.6. The molecular weight excluding hydrogens is 768 g/mol. The topological polar surface area (TPSA) is 130 Å². The Balaban J connectivity index is 1.44. The van der Waals surface area contributed by atoms with Crippen molar-refractivity contribution in [3.63, 3.8) is 0 Å². The minimum absolute atomic E-state index is 0.0158. The number of carboxylic acids is 1. The molecule has 17 heteroatoms. The number of pyridine rings is 1. The van der Waals surface area contributed by atoms with Crippen LogP contribution in [0.15, 0.2) is 54.0 Å². The quantitative estimate of drug-likeness (QED) is 0.131. The molecule has 0 unspecified atom stereocenters. The van der Waals surface area contributed by atoms with Crippen LogP contribution in [0.5, 0.6) is 11.5 Å². The Morgan fingerprint density at radius 3 is 2.30 bits per heavy atom. The van der Waals surface area contributed by atoms with E-state index in [1.807, 2.05) is 0 Å². The van der Waals surface area contributed by atoms with Crippen LogP contribution in [-0.4, -0.2) is 80.7 Å². The number of likely N-dealkylation sites (tertiary alicyclic amines) is 2. The fourth-order valence-corrected chi connectivity index (χ4v) is 8.15. The molecule has 306 valence electrons. The summed E-state index contributed by atoms with van der Waals surface area (Å²) in [5, 5.41) is 22.5. The fraction of sp³-hybridized carbons (Fsp3) is 0.538. The number of piperidine rings is 2. The van der Waals surface area contributed by atoms with Gasteiger partial charge in [-0.3, -0.25) is 19.4 Å². The number of nitrogens with zero attached hydrogens (tertiary/aromatic N) is 3. The van der Waals surface area contributed by atoms with Crippen molar-refractivity contribution in [2.75, 3.05) is 26.2 Å². The van der Waals surface area contributed by atoms with Gasteiger partial charge in [0.05, 0.1) is 29.2 Å². The maximum atomic E-state index is 14.9. The zero-order chi connectivity index (χ0) is 41.1. The molecule has 2 aliphatic rings. The number of thiophene rings is 1. The Kier molecular flexibility index (Phi) is 12.7. The van der Waals surface area contributed by atoms with Gasteiger partial charge in [-0.05, 0) is 70.6 Å². The van der Waals surface area contributed by atoms with Gasteiger partial charge in [-0.15, -0.1) is 11.3 Å². The van der Waals surface area contributed by atoms with E-state index in [0.717, 1.165) is 34.7 Å². The Morgan fingerprint density at radius 2 is 1.68 bits per heavy atom.